The number of nitrogens with zero attached hydrogens (tertiary/aromatic N) is 1. The van der Waals surface area contributed by atoms with Crippen LogP contribution in [0.1, 0.15) is 5.56 Å². The van der Waals surface area contributed by atoms with E-state index in [1.165, 1.54) is 24.4 Å². The van der Waals surface area contributed by atoms with Crippen molar-refractivity contribution in [3.8, 4) is 22.4 Å². The molecule has 9 heteroatoms. The Bertz CT molecular complexity index is 1100. The van der Waals surface area contributed by atoms with Crippen molar-refractivity contribution in [1.29, 1.82) is 0 Å². The summed E-state index contributed by atoms with van der Waals surface area (Å²) >= 11 is 0. The average Bonchev–Trinajstić information content (AvgIpc) is 2.60. The van der Waals surface area contributed by atoms with Gasteiger partial charge in [-0.1, -0.05) is 24.3 Å². The molecule has 1 aromatic heterocycles. The number of hydrogen-bond donors (Lipinski definition) is 1. The third kappa shape index (κ3) is 3.99. The highest BCUT2D eigenvalue weighted by Crippen LogP contribution is 2.34. The monoisotopic (exact) mass is 396 g/mol. The van der Waals surface area contributed by atoms with Crippen molar-refractivity contribution in [3.63, 3.8) is 0 Å². The zero-order chi connectivity index (χ0) is 19.8. The molecule has 27 heavy (non-hydrogen) atoms. The van der Waals surface area contributed by atoms with E-state index in [1.54, 1.807) is 12.1 Å². The van der Waals surface area contributed by atoms with Crippen LogP contribution in [0.25, 0.3) is 22.4 Å². The number of benzene rings is 2. The number of pyridine rings is 1. The van der Waals surface area contributed by atoms with E-state index in [0.717, 1.165) is 24.3 Å². The Balaban J connectivity index is 2.09. The summed E-state index contributed by atoms with van der Waals surface area (Å²) in [5.41, 5.74) is 0.663. The van der Waals surface area contributed by atoms with E-state index in [2.05, 4.69) is 4.98 Å². The van der Waals surface area contributed by atoms with Crippen LogP contribution in [0.2, 0.25) is 0 Å². The average molecular weight is 396 g/mol. The van der Waals surface area contributed by atoms with Crippen LogP contribution in [0.5, 0.6) is 0 Å². The van der Waals surface area contributed by atoms with Crippen LogP contribution in [0, 0.1) is 5.82 Å². The number of primary sulfonamides is 1. The summed E-state index contributed by atoms with van der Waals surface area (Å²) in [7, 11) is -4.21. The van der Waals surface area contributed by atoms with E-state index < -0.39 is 32.5 Å². The molecule has 1 heterocycles. The van der Waals surface area contributed by atoms with Crippen LogP contribution >= 0.6 is 0 Å². The highest BCUT2D eigenvalue weighted by atomic mass is 32.2. The molecule has 0 fully saturated rings. The van der Waals surface area contributed by atoms with Crippen molar-refractivity contribution in [2.24, 2.45) is 5.14 Å². The molecule has 0 aliphatic heterocycles. The molecule has 0 amide bonds. The summed E-state index contributed by atoms with van der Waals surface area (Å²) in [4.78, 5) is 3.52. The molecule has 3 rings (SSSR count). The smallest absolute Gasteiger partial charge is 0.256 e. The zero-order valence-electron chi connectivity index (χ0n) is 13.5. The van der Waals surface area contributed by atoms with E-state index in [9.17, 15) is 26.0 Å². The second kappa shape index (κ2) is 6.75. The largest absolute Gasteiger partial charge is 0.416 e. The third-order valence-corrected chi connectivity index (χ3v) is 4.79. The van der Waals surface area contributed by atoms with Gasteiger partial charge in [0, 0.05) is 17.3 Å². The van der Waals surface area contributed by atoms with Crippen molar-refractivity contribution in [1.82, 2.24) is 4.98 Å². The van der Waals surface area contributed by atoms with Crippen LogP contribution < -0.4 is 5.14 Å². The summed E-state index contributed by atoms with van der Waals surface area (Å²) in [6, 6.07) is 10.9. The van der Waals surface area contributed by atoms with Crippen LogP contribution in [0.15, 0.2) is 65.7 Å². The number of rotatable bonds is 3. The first-order valence-electron chi connectivity index (χ1n) is 7.53. The maximum absolute atomic E-state index is 14.1. The minimum Gasteiger partial charge on any atom is -0.256 e. The second-order valence-electron chi connectivity index (χ2n) is 5.66. The van der Waals surface area contributed by atoms with Crippen molar-refractivity contribution in [3.05, 3.63) is 72.2 Å². The molecule has 4 nitrogen and oxygen atoms in total. The number of halogens is 4. The summed E-state index contributed by atoms with van der Waals surface area (Å²) in [6.07, 6.45) is -3.01. The fourth-order valence-electron chi connectivity index (χ4n) is 2.58. The molecule has 2 aromatic carbocycles. The van der Waals surface area contributed by atoms with Gasteiger partial charge in [0.1, 0.15) is 10.7 Å². The van der Waals surface area contributed by atoms with E-state index in [4.69, 9.17) is 5.14 Å². The van der Waals surface area contributed by atoms with Crippen molar-refractivity contribution in [2.75, 3.05) is 0 Å². The van der Waals surface area contributed by atoms with E-state index >= 15 is 0 Å². The summed E-state index contributed by atoms with van der Waals surface area (Å²) in [6.45, 7) is 0. The fraction of sp³-hybridized carbons (Fsp3) is 0.0556. The molecule has 0 unspecified atom stereocenters. The van der Waals surface area contributed by atoms with E-state index in [0.29, 0.717) is 22.4 Å². The lowest BCUT2D eigenvalue weighted by molar-refractivity contribution is -0.137. The maximum atomic E-state index is 14.1. The van der Waals surface area contributed by atoms with Gasteiger partial charge in [-0.05, 0) is 35.9 Å². The number of hydrogen-bond acceptors (Lipinski definition) is 3. The molecule has 0 radical (unpaired) electrons. The SMILES string of the molecule is NS(=O)(=O)c1ccc(-c2cccnc2-c2ccc(C(F)(F)F)cc2)cc1F. The van der Waals surface area contributed by atoms with Gasteiger partial charge in [0.25, 0.3) is 0 Å². The van der Waals surface area contributed by atoms with Gasteiger partial charge in [0.05, 0.1) is 11.3 Å². The standard InChI is InChI=1S/C18H12F4N2O2S/c19-15-10-12(5-8-16(15)27(23,25)26)14-2-1-9-24-17(14)11-3-6-13(7-4-11)18(20,21)22/h1-10H,(H2,23,25,26). The molecule has 0 bridgehead atoms. The van der Waals surface area contributed by atoms with Gasteiger partial charge >= 0.3 is 6.18 Å². The Hall–Kier alpha value is -2.78. The van der Waals surface area contributed by atoms with Gasteiger partial charge in [-0.25, -0.2) is 17.9 Å². The predicted octanol–water partition coefficient (Wildman–Crippen LogP) is 4.22. The number of alkyl halides is 3. The van der Waals surface area contributed by atoms with Crippen LogP contribution in [-0.2, 0) is 16.2 Å². The normalized spacial score (nSPS) is 12.2. The van der Waals surface area contributed by atoms with Crippen molar-refractivity contribution >= 4 is 10.0 Å². The Morgan fingerprint density at radius 3 is 2.11 bits per heavy atom. The molecule has 0 aliphatic carbocycles. The molecule has 2 N–H and O–H groups in total. The highest BCUT2D eigenvalue weighted by Gasteiger charge is 2.30. The first-order chi connectivity index (χ1) is 12.6. The summed E-state index contributed by atoms with van der Waals surface area (Å²) < 4.78 is 75.0. The molecular weight excluding hydrogens is 384 g/mol. The minimum atomic E-state index is -4.46. The molecular formula is C18H12F4N2O2S. The molecule has 0 atom stereocenters. The first-order valence-corrected chi connectivity index (χ1v) is 9.07. The van der Waals surface area contributed by atoms with Crippen molar-refractivity contribution < 1.29 is 26.0 Å². The first kappa shape index (κ1) is 19.0. The molecule has 0 spiro atoms. The molecule has 3 aromatic rings. The Kier molecular flexibility index (Phi) is 4.75. The number of aromatic nitrogens is 1. The van der Waals surface area contributed by atoms with Crippen LogP contribution in [-0.4, -0.2) is 13.4 Å². The number of sulfonamides is 1. The Morgan fingerprint density at radius 1 is 0.926 bits per heavy atom. The zero-order valence-corrected chi connectivity index (χ0v) is 14.4. The Morgan fingerprint density at radius 2 is 1.56 bits per heavy atom. The highest BCUT2D eigenvalue weighted by molar-refractivity contribution is 7.89. The van der Waals surface area contributed by atoms with Gasteiger partial charge in [0.2, 0.25) is 10.0 Å². The van der Waals surface area contributed by atoms with Gasteiger partial charge in [0.15, 0.2) is 0 Å². The lowest BCUT2D eigenvalue weighted by atomic mass is 9.98. The van der Waals surface area contributed by atoms with E-state index in [1.807, 2.05) is 0 Å². The molecule has 140 valence electrons. The van der Waals surface area contributed by atoms with Gasteiger partial charge in [-0.3, -0.25) is 4.98 Å². The predicted molar refractivity (Wildman–Crippen MR) is 91.4 cm³/mol. The quantitative estimate of drug-likeness (QED) is 0.674. The topological polar surface area (TPSA) is 73.1 Å². The lowest BCUT2D eigenvalue weighted by Crippen LogP contribution is -2.13. The number of nitrogens with two attached hydrogens (primary N) is 1. The summed E-state index contributed by atoms with van der Waals surface area (Å²) in [5, 5.41) is 4.94. The molecule has 0 saturated heterocycles. The lowest BCUT2D eigenvalue weighted by Gasteiger charge is -2.11. The Labute approximate surface area is 152 Å². The van der Waals surface area contributed by atoms with Gasteiger partial charge in [-0.15, -0.1) is 0 Å². The molecule has 0 aliphatic rings. The maximum Gasteiger partial charge on any atom is 0.416 e. The van der Waals surface area contributed by atoms with Gasteiger partial charge < -0.3 is 0 Å². The van der Waals surface area contributed by atoms with Crippen LogP contribution in [0.3, 0.4) is 0 Å². The van der Waals surface area contributed by atoms with Gasteiger partial charge in [-0.2, -0.15) is 13.2 Å². The van der Waals surface area contributed by atoms with Crippen molar-refractivity contribution in [2.45, 2.75) is 11.1 Å². The van der Waals surface area contributed by atoms with Crippen LogP contribution in [0.4, 0.5) is 17.6 Å². The summed E-state index contributed by atoms with van der Waals surface area (Å²) in [5.74, 6) is -1.03. The third-order valence-electron chi connectivity index (χ3n) is 3.84. The second-order valence-corrected chi connectivity index (χ2v) is 7.19. The minimum absolute atomic E-state index is 0.308. The molecule has 0 saturated carbocycles. The fourth-order valence-corrected chi connectivity index (χ4v) is 3.17. The van der Waals surface area contributed by atoms with E-state index in [-0.39, 0.29) is 0 Å².